The fraction of sp³-hybridized carbons (Fsp3) is 0.235. The van der Waals surface area contributed by atoms with E-state index in [9.17, 15) is 14.9 Å². The van der Waals surface area contributed by atoms with E-state index in [0.717, 1.165) is 15.5 Å². The molecule has 130 valence electrons. The summed E-state index contributed by atoms with van der Waals surface area (Å²) in [6.45, 7) is 0. The first-order chi connectivity index (χ1) is 12.0. The minimum absolute atomic E-state index is 0.290. The van der Waals surface area contributed by atoms with Gasteiger partial charge in [0.1, 0.15) is 11.7 Å². The van der Waals surface area contributed by atoms with E-state index < -0.39 is 16.9 Å². The van der Waals surface area contributed by atoms with Crippen LogP contribution in [0.1, 0.15) is 6.42 Å². The van der Waals surface area contributed by atoms with Crippen molar-refractivity contribution in [2.45, 2.75) is 22.3 Å². The van der Waals surface area contributed by atoms with E-state index in [-0.39, 0.29) is 12.3 Å². The smallest absolute Gasteiger partial charge is 0.234 e. The molecule has 1 saturated carbocycles. The van der Waals surface area contributed by atoms with Crippen LogP contribution >= 0.6 is 23.4 Å². The average molecular weight is 379 g/mol. The quantitative estimate of drug-likeness (QED) is 0.604. The van der Waals surface area contributed by atoms with E-state index in [1.54, 1.807) is 19.2 Å². The molecule has 25 heavy (non-hydrogen) atoms. The van der Waals surface area contributed by atoms with Gasteiger partial charge in [-0.1, -0.05) is 23.4 Å². The highest BCUT2D eigenvalue weighted by Crippen LogP contribution is 2.37. The molecule has 0 spiro atoms. The van der Waals surface area contributed by atoms with Gasteiger partial charge in [0.2, 0.25) is 11.9 Å². The minimum Gasteiger partial charge on any atom is -0.497 e. The summed E-state index contributed by atoms with van der Waals surface area (Å²) in [5.74, 6) is -0.114. The van der Waals surface area contributed by atoms with Crippen LogP contribution in [0, 0.1) is 16.0 Å². The Morgan fingerprint density at radius 2 is 2.04 bits per heavy atom. The van der Waals surface area contributed by atoms with Gasteiger partial charge in [-0.25, -0.2) is 0 Å². The van der Waals surface area contributed by atoms with Crippen molar-refractivity contribution in [2.75, 3.05) is 12.4 Å². The Morgan fingerprint density at radius 3 is 2.60 bits per heavy atom. The molecule has 0 aliphatic heterocycles. The van der Waals surface area contributed by atoms with Crippen LogP contribution in [-0.4, -0.2) is 24.0 Å². The normalized spacial score (nSPS) is 18.5. The van der Waals surface area contributed by atoms with Crippen LogP contribution in [0.25, 0.3) is 0 Å². The van der Waals surface area contributed by atoms with E-state index in [1.807, 2.05) is 30.3 Å². The Balaban J connectivity index is 1.64. The molecule has 2 atom stereocenters. The lowest BCUT2D eigenvalue weighted by molar-refractivity contribution is -0.497. The molecule has 1 fully saturated rings. The molecule has 1 amide bonds. The zero-order valence-corrected chi connectivity index (χ0v) is 14.8. The number of rotatable bonds is 6. The van der Waals surface area contributed by atoms with Crippen LogP contribution in [0.4, 0.5) is 5.69 Å². The first-order valence-corrected chi connectivity index (χ1v) is 8.73. The van der Waals surface area contributed by atoms with Crippen molar-refractivity contribution in [2.24, 2.45) is 5.92 Å². The van der Waals surface area contributed by atoms with Gasteiger partial charge in [0, 0.05) is 26.8 Å². The highest BCUT2D eigenvalue weighted by atomic mass is 35.5. The van der Waals surface area contributed by atoms with Gasteiger partial charge in [-0.15, -0.1) is 0 Å². The average Bonchev–Trinajstić information content (AvgIpc) is 3.39. The number of nitrogens with zero attached hydrogens (tertiary/aromatic N) is 1. The lowest BCUT2D eigenvalue weighted by atomic mass is 10.3. The molecule has 2 aromatic rings. The van der Waals surface area contributed by atoms with Crippen molar-refractivity contribution < 1.29 is 14.5 Å². The van der Waals surface area contributed by atoms with Crippen LogP contribution in [0.2, 0.25) is 5.02 Å². The maximum atomic E-state index is 12.0. The number of carbonyl (C=O) groups excluding carboxylic acids is 1. The molecule has 0 aromatic heterocycles. The molecular weight excluding hydrogens is 364 g/mol. The van der Waals surface area contributed by atoms with Crippen molar-refractivity contribution in [1.29, 1.82) is 0 Å². The van der Waals surface area contributed by atoms with Gasteiger partial charge in [0.05, 0.1) is 12.1 Å². The zero-order chi connectivity index (χ0) is 18.0. The van der Waals surface area contributed by atoms with Crippen LogP contribution in [0.3, 0.4) is 0 Å². The lowest BCUT2D eigenvalue weighted by Crippen LogP contribution is -2.18. The van der Waals surface area contributed by atoms with Gasteiger partial charge < -0.3 is 10.1 Å². The molecule has 2 aromatic carbocycles. The molecule has 1 N–H and O–H groups in total. The first-order valence-electron chi connectivity index (χ1n) is 7.53. The lowest BCUT2D eigenvalue weighted by Gasteiger charge is -2.09. The molecule has 0 saturated heterocycles. The first kappa shape index (κ1) is 17.6. The molecule has 2 unspecified atom stereocenters. The molecule has 0 heterocycles. The Kier molecular flexibility index (Phi) is 5.15. The second-order valence-electron chi connectivity index (χ2n) is 5.61. The number of carbonyl (C=O) groups is 1. The fourth-order valence-electron chi connectivity index (χ4n) is 2.36. The molecule has 8 heteroatoms. The van der Waals surface area contributed by atoms with Crippen molar-refractivity contribution in [3.63, 3.8) is 0 Å². The van der Waals surface area contributed by atoms with E-state index >= 15 is 0 Å². The number of halogens is 1. The van der Waals surface area contributed by atoms with Crippen LogP contribution in [0.15, 0.2) is 52.3 Å². The highest BCUT2D eigenvalue weighted by Gasteiger charge is 2.53. The highest BCUT2D eigenvalue weighted by molar-refractivity contribution is 7.99. The number of benzene rings is 2. The maximum Gasteiger partial charge on any atom is 0.234 e. The Bertz CT molecular complexity index is 813. The molecule has 0 bridgehead atoms. The van der Waals surface area contributed by atoms with Crippen LogP contribution < -0.4 is 10.1 Å². The molecule has 6 nitrogen and oxygen atoms in total. The van der Waals surface area contributed by atoms with Gasteiger partial charge in [-0.2, -0.15) is 0 Å². The zero-order valence-electron chi connectivity index (χ0n) is 13.3. The molecule has 1 aliphatic rings. The summed E-state index contributed by atoms with van der Waals surface area (Å²) in [4.78, 5) is 24.0. The fourth-order valence-corrected chi connectivity index (χ4v) is 3.48. The van der Waals surface area contributed by atoms with Gasteiger partial charge in [0.25, 0.3) is 0 Å². The topological polar surface area (TPSA) is 81.5 Å². The third-order valence-corrected chi connectivity index (χ3v) is 5.36. The Labute approximate surface area is 153 Å². The number of ether oxygens (including phenoxy) is 1. The molecule has 3 rings (SSSR count). The van der Waals surface area contributed by atoms with Crippen molar-refractivity contribution in [3.05, 3.63) is 57.6 Å². The summed E-state index contributed by atoms with van der Waals surface area (Å²) < 4.78 is 5.12. The van der Waals surface area contributed by atoms with E-state index in [4.69, 9.17) is 16.3 Å². The van der Waals surface area contributed by atoms with E-state index in [0.29, 0.717) is 10.7 Å². The minimum atomic E-state index is -0.764. The van der Waals surface area contributed by atoms with Crippen LogP contribution in [0.5, 0.6) is 5.75 Å². The number of hydrogen-bond acceptors (Lipinski definition) is 5. The van der Waals surface area contributed by atoms with Gasteiger partial charge >= 0.3 is 0 Å². The Morgan fingerprint density at radius 1 is 1.32 bits per heavy atom. The number of methoxy groups -OCH3 is 1. The summed E-state index contributed by atoms with van der Waals surface area (Å²) >= 11 is 7.78. The second kappa shape index (κ2) is 7.33. The third-order valence-electron chi connectivity index (χ3n) is 3.85. The molecule has 1 aliphatic carbocycles. The third kappa shape index (κ3) is 4.24. The van der Waals surface area contributed by atoms with Crippen LogP contribution in [-0.2, 0) is 4.79 Å². The molecule has 0 radical (unpaired) electrons. The van der Waals surface area contributed by atoms with Gasteiger partial charge in [-0.05, 0) is 42.5 Å². The SMILES string of the molecule is COc1ccc(Sc2ccc(NC(=O)C3CC3[N+](=O)[O-])cc2Cl)cc1. The predicted octanol–water partition coefficient (Wildman–Crippen LogP) is 4.10. The summed E-state index contributed by atoms with van der Waals surface area (Å²) in [5.41, 5.74) is 0.531. The standard InChI is InChI=1S/C17H15ClN2O4S/c1-24-11-3-5-12(6-4-11)25-16-7-2-10(8-14(16)18)19-17(21)13-9-15(13)20(22)23/h2-8,13,15H,9H2,1H3,(H,19,21). The van der Waals surface area contributed by atoms with E-state index in [2.05, 4.69) is 5.32 Å². The Hall–Kier alpha value is -2.25. The number of nitrogens with one attached hydrogen (secondary N) is 1. The summed E-state index contributed by atoms with van der Waals surface area (Å²) in [7, 11) is 1.61. The summed E-state index contributed by atoms with van der Waals surface area (Å²) in [5, 5.41) is 13.8. The largest absolute Gasteiger partial charge is 0.497 e. The maximum absolute atomic E-state index is 12.0. The number of anilines is 1. The second-order valence-corrected chi connectivity index (χ2v) is 7.13. The van der Waals surface area contributed by atoms with Gasteiger partial charge in [-0.3, -0.25) is 14.9 Å². The predicted molar refractivity (Wildman–Crippen MR) is 96.1 cm³/mol. The summed E-state index contributed by atoms with van der Waals surface area (Å²) in [6.07, 6.45) is 0.290. The van der Waals surface area contributed by atoms with Crippen molar-refractivity contribution in [1.82, 2.24) is 0 Å². The van der Waals surface area contributed by atoms with Gasteiger partial charge in [0.15, 0.2) is 0 Å². The number of nitro groups is 1. The van der Waals surface area contributed by atoms with Crippen molar-refractivity contribution in [3.8, 4) is 5.75 Å². The summed E-state index contributed by atoms with van der Waals surface area (Å²) in [6, 6.07) is 12.0. The monoisotopic (exact) mass is 378 g/mol. The van der Waals surface area contributed by atoms with E-state index in [1.165, 1.54) is 11.8 Å². The molecular formula is C17H15ClN2O4S. The van der Waals surface area contributed by atoms with Crippen molar-refractivity contribution >= 4 is 35.0 Å². The number of hydrogen-bond donors (Lipinski definition) is 1. The number of amides is 1.